The molecule has 0 aliphatic rings. The van der Waals surface area contributed by atoms with Crippen LogP contribution in [0.4, 0.5) is 5.69 Å². The Kier molecular flexibility index (Phi) is 6.44. The molecule has 0 saturated carbocycles. The summed E-state index contributed by atoms with van der Waals surface area (Å²) >= 11 is 6.04. The number of anilines is 1. The van der Waals surface area contributed by atoms with Crippen LogP contribution >= 0.6 is 11.6 Å². The third-order valence-corrected chi connectivity index (χ3v) is 3.91. The van der Waals surface area contributed by atoms with E-state index < -0.39 is 0 Å². The van der Waals surface area contributed by atoms with Gasteiger partial charge >= 0.3 is 0 Å². The zero-order valence-electron chi connectivity index (χ0n) is 13.4. The number of hydrogen-bond donors (Lipinski definition) is 2. The molecule has 0 atom stereocenters. The van der Waals surface area contributed by atoms with E-state index in [4.69, 9.17) is 16.3 Å². The first-order chi connectivity index (χ1) is 11.1. The maximum absolute atomic E-state index is 11.9. The van der Waals surface area contributed by atoms with Gasteiger partial charge in [0.15, 0.2) is 0 Å². The van der Waals surface area contributed by atoms with E-state index in [0.29, 0.717) is 17.3 Å². The normalized spacial score (nSPS) is 10.4. The molecule has 0 radical (unpaired) electrons. The van der Waals surface area contributed by atoms with Gasteiger partial charge in [-0.25, -0.2) is 0 Å². The number of halogens is 1. The first-order valence-electron chi connectivity index (χ1n) is 7.49. The van der Waals surface area contributed by atoms with Crippen LogP contribution in [-0.2, 0) is 11.2 Å². The third kappa shape index (κ3) is 5.27. The van der Waals surface area contributed by atoms with Crippen LogP contribution in [0.5, 0.6) is 5.75 Å². The Morgan fingerprint density at radius 1 is 1.22 bits per heavy atom. The van der Waals surface area contributed by atoms with Crippen LogP contribution in [0, 0.1) is 6.92 Å². The van der Waals surface area contributed by atoms with Crippen molar-refractivity contribution in [3.8, 4) is 5.75 Å². The van der Waals surface area contributed by atoms with Gasteiger partial charge in [0.2, 0.25) is 5.91 Å². The molecule has 0 spiro atoms. The summed E-state index contributed by atoms with van der Waals surface area (Å²) in [5, 5.41) is 6.60. The molecule has 2 aromatic carbocycles. The maximum Gasteiger partial charge on any atom is 0.238 e. The molecule has 0 aromatic heterocycles. The van der Waals surface area contributed by atoms with Crippen LogP contribution in [0.15, 0.2) is 42.5 Å². The zero-order chi connectivity index (χ0) is 16.7. The summed E-state index contributed by atoms with van der Waals surface area (Å²) < 4.78 is 5.30. The van der Waals surface area contributed by atoms with Crippen molar-refractivity contribution in [2.75, 3.05) is 25.5 Å². The number of carbonyl (C=O) groups excluding carboxylic acids is 1. The SMILES string of the molecule is COc1ccccc1CCNCC(=O)Nc1ccc(C)c(Cl)c1. The van der Waals surface area contributed by atoms with Crippen LogP contribution in [0.1, 0.15) is 11.1 Å². The smallest absolute Gasteiger partial charge is 0.238 e. The van der Waals surface area contributed by atoms with E-state index in [1.54, 1.807) is 13.2 Å². The number of ether oxygens (including phenoxy) is 1. The molecule has 0 fully saturated rings. The molecule has 23 heavy (non-hydrogen) atoms. The average Bonchev–Trinajstić information content (AvgIpc) is 2.55. The fraction of sp³-hybridized carbons (Fsp3) is 0.278. The standard InChI is InChI=1S/C18H21ClN2O2/c1-13-7-8-15(11-16(13)19)21-18(22)12-20-10-9-14-5-3-4-6-17(14)23-2/h3-8,11,20H,9-10,12H2,1-2H3,(H,21,22). The molecule has 4 nitrogen and oxygen atoms in total. The van der Waals surface area contributed by atoms with Crippen LogP contribution < -0.4 is 15.4 Å². The van der Waals surface area contributed by atoms with E-state index in [9.17, 15) is 4.79 Å². The molecule has 0 aliphatic heterocycles. The number of carbonyl (C=O) groups is 1. The quantitative estimate of drug-likeness (QED) is 0.764. The number of nitrogens with one attached hydrogen (secondary N) is 2. The summed E-state index contributed by atoms with van der Waals surface area (Å²) in [6.07, 6.45) is 0.799. The Balaban J connectivity index is 1.75. The number of para-hydroxylation sites is 1. The first kappa shape index (κ1) is 17.3. The van der Waals surface area contributed by atoms with Crippen LogP contribution in [0.2, 0.25) is 5.02 Å². The first-order valence-corrected chi connectivity index (χ1v) is 7.86. The molecule has 0 bridgehead atoms. The minimum Gasteiger partial charge on any atom is -0.496 e. The number of methoxy groups -OCH3 is 1. The van der Waals surface area contributed by atoms with Gasteiger partial charge in [-0.1, -0.05) is 35.9 Å². The maximum atomic E-state index is 11.9. The summed E-state index contributed by atoms with van der Waals surface area (Å²) in [5.74, 6) is 0.776. The molecule has 0 aliphatic carbocycles. The number of amides is 1. The fourth-order valence-corrected chi connectivity index (χ4v) is 2.39. The van der Waals surface area contributed by atoms with E-state index >= 15 is 0 Å². The largest absolute Gasteiger partial charge is 0.496 e. The second-order valence-corrected chi connectivity index (χ2v) is 5.66. The summed E-state index contributed by atoms with van der Waals surface area (Å²) in [4.78, 5) is 11.9. The van der Waals surface area contributed by atoms with Gasteiger partial charge < -0.3 is 15.4 Å². The van der Waals surface area contributed by atoms with Crippen molar-refractivity contribution in [2.24, 2.45) is 0 Å². The summed E-state index contributed by atoms with van der Waals surface area (Å²) in [7, 11) is 1.66. The van der Waals surface area contributed by atoms with Crippen molar-refractivity contribution in [1.82, 2.24) is 5.32 Å². The highest BCUT2D eigenvalue weighted by molar-refractivity contribution is 6.31. The minimum atomic E-state index is -0.0926. The molecule has 1 amide bonds. The van der Waals surface area contributed by atoms with Gasteiger partial charge in [0.1, 0.15) is 5.75 Å². The number of rotatable bonds is 7. The average molecular weight is 333 g/mol. The third-order valence-electron chi connectivity index (χ3n) is 3.50. The lowest BCUT2D eigenvalue weighted by Crippen LogP contribution is -2.29. The highest BCUT2D eigenvalue weighted by Crippen LogP contribution is 2.20. The number of aryl methyl sites for hydroxylation is 1. The molecule has 2 rings (SSSR count). The van der Waals surface area contributed by atoms with E-state index in [1.807, 2.05) is 43.3 Å². The highest BCUT2D eigenvalue weighted by Gasteiger charge is 2.05. The van der Waals surface area contributed by atoms with Gasteiger partial charge in [-0.05, 0) is 49.2 Å². The van der Waals surface area contributed by atoms with Gasteiger partial charge in [0.05, 0.1) is 13.7 Å². The van der Waals surface area contributed by atoms with Gasteiger partial charge in [0.25, 0.3) is 0 Å². The van der Waals surface area contributed by atoms with E-state index in [1.165, 1.54) is 0 Å². The highest BCUT2D eigenvalue weighted by atomic mass is 35.5. The fourth-order valence-electron chi connectivity index (χ4n) is 2.21. The topological polar surface area (TPSA) is 50.4 Å². The van der Waals surface area contributed by atoms with Crippen LogP contribution in [0.25, 0.3) is 0 Å². The number of hydrogen-bond acceptors (Lipinski definition) is 3. The monoisotopic (exact) mass is 332 g/mol. The van der Waals surface area contributed by atoms with Gasteiger partial charge in [0, 0.05) is 10.7 Å². The predicted molar refractivity (Wildman–Crippen MR) is 94.4 cm³/mol. The Labute approximate surface area is 141 Å². The zero-order valence-corrected chi connectivity index (χ0v) is 14.1. The lowest BCUT2D eigenvalue weighted by atomic mass is 10.1. The number of benzene rings is 2. The summed E-state index contributed by atoms with van der Waals surface area (Å²) in [6, 6.07) is 13.4. The molecule has 0 heterocycles. The van der Waals surface area contributed by atoms with Crippen molar-refractivity contribution in [2.45, 2.75) is 13.3 Å². The second kappa shape index (κ2) is 8.56. The Morgan fingerprint density at radius 3 is 2.74 bits per heavy atom. The van der Waals surface area contributed by atoms with Crippen molar-refractivity contribution < 1.29 is 9.53 Å². The van der Waals surface area contributed by atoms with E-state index in [0.717, 1.165) is 23.3 Å². The summed E-state index contributed by atoms with van der Waals surface area (Å²) in [6.45, 7) is 2.87. The summed E-state index contributed by atoms with van der Waals surface area (Å²) in [5.41, 5.74) is 2.81. The molecule has 0 unspecified atom stereocenters. The molecule has 5 heteroatoms. The lowest BCUT2D eigenvalue weighted by Gasteiger charge is -2.10. The van der Waals surface area contributed by atoms with Crippen molar-refractivity contribution in [1.29, 1.82) is 0 Å². The Hall–Kier alpha value is -2.04. The predicted octanol–water partition coefficient (Wildman–Crippen LogP) is 3.43. The Morgan fingerprint density at radius 2 is 2.00 bits per heavy atom. The van der Waals surface area contributed by atoms with Crippen molar-refractivity contribution in [3.05, 3.63) is 58.6 Å². The van der Waals surface area contributed by atoms with Gasteiger partial charge in [-0.2, -0.15) is 0 Å². The molecule has 122 valence electrons. The second-order valence-electron chi connectivity index (χ2n) is 5.25. The Bertz CT molecular complexity index is 674. The van der Waals surface area contributed by atoms with E-state index in [2.05, 4.69) is 10.6 Å². The lowest BCUT2D eigenvalue weighted by molar-refractivity contribution is -0.115. The van der Waals surface area contributed by atoms with Gasteiger partial charge in [-0.15, -0.1) is 0 Å². The minimum absolute atomic E-state index is 0.0926. The molecule has 2 N–H and O–H groups in total. The van der Waals surface area contributed by atoms with Crippen LogP contribution in [-0.4, -0.2) is 26.1 Å². The molecule has 0 saturated heterocycles. The van der Waals surface area contributed by atoms with Crippen molar-refractivity contribution >= 4 is 23.2 Å². The molecular weight excluding hydrogens is 312 g/mol. The molecule has 2 aromatic rings. The van der Waals surface area contributed by atoms with Crippen LogP contribution in [0.3, 0.4) is 0 Å². The van der Waals surface area contributed by atoms with Gasteiger partial charge in [-0.3, -0.25) is 4.79 Å². The van der Waals surface area contributed by atoms with Crippen molar-refractivity contribution in [3.63, 3.8) is 0 Å². The molecular formula is C18H21ClN2O2. The van der Waals surface area contributed by atoms with E-state index in [-0.39, 0.29) is 12.5 Å².